The van der Waals surface area contributed by atoms with E-state index >= 15 is 0 Å². The molecule has 1 aliphatic rings. The van der Waals surface area contributed by atoms with Crippen molar-refractivity contribution in [3.05, 3.63) is 0 Å². The zero-order valence-electron chi connectivity index (χ0n) is 9.62. The molecule has 0 aromatic rings. The van der Waals surface area contributed by atoms with E-state index in [1.54, 1.807) is 0 Å². The summed E-state index contributed by atoms with van der Waals surface area (Å²) in [7, 11) is 0. The van der Waals surface area contributed by atoms with Crippen LogP contribution in [0.4, 0.5) is 0 Å². The van der Waals surface area contributed by atoms with Gasteiger partial charge in [0.25, 0.3) is 0 Å². The molecule has 15 heavy (non-hydrogen) atoms. The van der Waals surface area contributed by atoms with Crippen LogP contribution in [0.5, 0.6) is 0 Å². The maximum atomic E-state index is 11.7. The predicted molar refractivity (Wildman–Crippen MR) is 58.9 cm³/mol. The summed E-state index contributed by atoms with van der Waals surface area (Å²) in [5, 5.41) is 11.4. The summed E-state index contributed by atoms with van der Waals surface area (Å²) in [4.78, 5) is 11.7. The molecule has 1 saturated carbocycles. The van der Waals surface area contributed by atoms with Crippen molar-refractivity contribution >= 4 is 5.91 Å². The Hall–Kier alpha value is -1.04. The normalized spacial score (nSPS) is 27.8. The van der Waals surface area contributed by atoms with Crippen LogP contribution in [0, 0.1) is 29.1 Å². The van der Waals surface area contributed by atoms with Gasteiger partial charge in [0, 0.05) is 12.5 Å². The Kier molecular flexibility index (Phi) is 4.61. The molecule has 1 atom stereocenters. The molecule has 0 bridgehead atoms. The van der Waals surface area contributed by atoms with Gasteiger partial charge in [0.05, 0.1) is 12.0 Å². The Morgan fingerprint density at radius 1 is 1.47 bits per heavy atom. The largest absolute Gasteiger partial charge is 0.355 e. The Bertz CT molecular complexity index is 249. The van der Waals surface area contributed by atoms with E-state index in [9.17, 15) is 4.79 Å². The van der Waals surface area contributed by atoms with Crippen LogP contribution in [0.3, 0.4) is 0 Å². The lowest BCUT2D eigenvalue weighted by Crippen LogP contribution is -2.35. The third kappa shape index (κ3) is 3.91. The van der Waals surface area contributed by atoms with E-state index < -0.39 is 0 Å². The minimum absolute atomic E-state index is 0.0866. The molecule has 84 valence electrons. The highest BCUT2D eigenvalue weighted by Crippen LogP contribution is 2.28. The molecular weight excluding hydrogens is 188 g/mol. The van der Waals surface area contributed by atoms with Gasteiger partial charge in [-0.05, 0) is 38.5 Å². The van der Waals surface area contributed by atoms with Crippen molar-refractivity contribution in [1.82, 2.24) is 5.32 Å². The third-order valence-corrected chi connectivity index (χ3v) is 3.19. The van der Waals surface area contributed by atoms with Gasteiger partial charge in [-0.15, -0.1) is 0 Å². The average molecular weight is 208 g/mol. The van der Waals surface area contributed by atoms with E-state index in [1.165, 1.54) is 0 Å². The van der Waals surface area contributed by atoms with Crippen LogP contribution in [-0.4, -0.2) is 12.5 Å². The van der Waals surface area contributed by atoms with Crippen molar-refractivity contribution in [3.8, 4) is 6.07 Å². The molecule has 3 nitrogen and oxygen atoms in total. The maximum Gasteiger partial charge on any atom is 0.223 e. The zero-order chi connectivity index (χ0) is 11.3. The summed E-state index contributed by atoms with van der Waals surface area (Å²) in [5.74, 6) is 1.01. The van der Waals surface area contributed by atoms with Gasteiger partial charge in [-0.2, -0.15) is 5.26 Å². The van der Waals surface area contributed by atoms with Crippen LogP contribution in [0.25, 0.3) is 0 Å². The lowest BCUT2D eigenvalue weighted by atomic mass is 9.82. The molecule has 0 spiro atoms. The molecule has 0 saturated heterocycles. The molecular formula is C12H20N2O. The van der Waals surface area contributed by atoms with Gasteiger partial charge in [-0.1, -0.05) is 6.92 Å². The van der Waals surface area contributed by atoms with Crippen molar-refractivity contribution in [2.45, 2.75) is 39.5 Å². The van der Waals surface area contributed by atoms with E-state index in [4.69, 9.17) is 5.26 Å². The monoisotopic (exact) mass is 208 g/mol. The first-order valence-corrected chi connectivity index (χ1v) is 5.80. The number of nitrogens with one attached hydrogen (secondary N) is 1. The second-order valence-corrected chi connectivity index (χ2v) is 4.73. The van der Waals surface area contributed by atoms with Crippen LogP contribution in [0.2, 0.25) is 0 Å². The fourth-order valence-corrected chi connectivity index (χ4v) is 1.97. The SMILES string of the molecule is CC(C#N)CNC(=O)C1CCC(C)CC1. The Morgan fingerprint density at radius 3 is 2.60 bits per heavy atom. The van der Waals surface area contributed by atoms with Crippen LogP contribution < -0.4 is 5.32 Å². The first kappa shape index (κ1) is 12.0. The summed E-state index contributed by atoms with van der Waals surface area (Å²) in [6.45, 7) is 4.55. The summed E-state index contributed by atoms with van der Waals surface area (Å²) in [6, 6.07) is 2.12. The smallest absolute Gasteiger partial charge is 0.223 e. The lowest BCUT2D eigenvalue weighted by Gasteiger charge is -2.25. The van der Waals surface area contributed by atoms with Gasteiger partial charge in [-0.3, -0.25) is 4.79 Å². The average Bonchev–Trinajstić information content (AvgIpc) is 2.26. The highest BCUT2D eigenvalue weighted by atomic mass is 16.1. The van der Waals surface area contributed by atoms with Crippen molar-refractivity contribution in [2.75, 3.05) is 6.54 Å². The summed E-state index contributed by atoms with van der Waals surface area (Å²) >= 11 is 0. The summed E-state index contributed by atoms with van der Waals surface area (Å²) in [6.07, 6.45) is 4.33. The maximum absolute atomic E-state index is 11.7. The van der Waals surface area contributed by atoms with E-state index in [1.807, 2.05) is 6.92 Å². The quantitative estimate of drug-likeness (QED) is 0.772. The molecule has 1 rings (SSSR count). The molecule has 1 N–H and O–H groups in total. The first-order valence-electron chi connectivity index (χ1n) is 5.80. The van der Waals surface area contributed by atoms with Gasteiger partial charge in [0.2, 0.25) is 5.91 Å². The molecule has 0 radical (unpaired) electrons. The van der Waals surface area contributed by atoms with E-state index in [-0.39, 0.29) is 17.7 Å². The molecule has 0 aromatic carbocycles. The second kappa shape index (κ2) is 5.75. The Labute approximate surface area is 91.9 Å². The van der Waals surface area contributed by atoms with Crippen LogP contribution >= 0.6 is 0 Å². The number of nitriles is 1. The van der Waals surface area contributed by atoms with Crippen molar-refractivity contribution in [1.29, 1.82) is 5.26 Å². The second-order valence-electron chi connectivity index (χ2n) is 4.73. The minimum Gasteiger partial charge on any atom is -0.355 e. The fourth-order valence-electron chi connectivity index (χ4n) is 1.97. The van der Waals surface area contributed by atoms with Crippen LogP contribution in [0.1, 0.15) is 39.5 Å². The number of amides is 1. The molecule has 0 heterocycles. The Morgan fingerprint density at radius 2 is 2.07 bits per heavy atom. The van der Waals surface area contributed by atoms with Crippen molar-refractivity contribution in [3.63, 3.8) is 0 Å². The number of carbonyl (C=O) groups excluding carboxylic acids is 1. The topological polar surface area (TPSA) is 52.9 Å². The first-order chi connectivity index (χ1) is 7.13. The Balaban J connectivity index is 2.26. The fraction of sp³-hybridized carbons (Fsp3) is 0.833. The minimum atomic E-state index is -0.0866. The molecule has 1 fully saturated rings. The standard InChI is InChI=1S/C12H20N2O/c1-9-3-5-11(6-4-9)12(15)14-8-10(2)7-13/h9-11H,3-6,8H2,1-2H3,(H,14,15). The number of hydrogen-bond acceptors (Lipinski definition) is 2. The molecule has 1 unspecified atom stereocenters. The predicted octanol–water partition coefficient (Wildman–Crippen LogP) is 2.09. The number of nitrogens with zero attached hydrogens (tertiary/aromatic N) is 1. The highest BCUT2D eigenvalue weighted by molar-refractivity contribution is 5.78. The molecule has 1 aliphatic carbocycles. The summed E-state index contributed by atoms with van der Waals surface area (Å²) < 4.78 is 0. The number of hydrogen-bond donors (Lipinski definition) is 1. The molecule has 0 aromatic heterocycles. The molecule has 1 amide bonds. The van der Waals surface area contributed by atoms with Gasteiger partial charge in [-0.25, -0.2) is 0 Å². The summed E-state index contributed by atoms with van der Waals surface area (Å²) in [5.41, 5.74) is 0. The molecule has 0 aliphatic heterocycles. The van der Waals surface area contributed by atoms with Gasteiger partial charge in [0.1, 0.15) is 0 Å². The van der Waals surface area contributed by atoms with Crippen molar-refractivity contribution < 1.29 is 4.79 Å². The lowest BCUT2D eigenvalue weighted by molar-refractivity contribution is -0.126. The molecule has 3 heteroatoms. The van der Waals surface area contributed by atoms with E-state index in [2.05, 4.69) is 18.3 Å². The van der Waals surface area contributed by atoms with E-state index in [0.29, 0.717) is 6.54 Å². The zero-order valence-corrected chi connectivity index (χ0v) is 9.62. The van der Waals surface area contributed by atoms with Crippen LogP contribution in [0.15, 0.2) is 0 Å². The van der Waals surface area contributed by atoms with Gasteiger partial charge in [0.15, 0.2) is 0 Å². The van der Waals surface area contributed by atoms with Crippen molar-refractivity contribution in [2.24, 2.45) is 17.8 Å². The number of rotatable bonds is 3. The number of carbonyl (C=O) groups is 1. The van der Waals surface area contributed by atoms with Gasteiger partial charge >= 0.3 is 0 Å². The van der Waals surface area contributed by atoms with Crippen LogP contribution in [-0.2, 0) is 4.79 Å². The van der Waals surface area contributed by atoms with E-state index in [0.717, 1.165) is 31.6 Å². The highest BCUT2D eigenvalue weighted by Gasteiger charge is 2.24. The third-order valence-electron chi connectivity index (χ3n) is 3.19. The van der Waals surface area contributed by atoms with Gasteiger partial charge < -0.3 is 5.32 Å².